The standard InChI is InChI=1S/C14H20N4S/c1-3-15-14-17-16-13(18(14)4-2)11-6-5-7-12-10(11)8-9-19-12/h8-9,11H,3-7H2,1-2H3,(H,15,17). The van der Waals surface area contributed by atoms with Crippen LogP contribution in [-0.4, -0.2) is 21.3 Å². The summed E-state index contributed by atoms with van der Waals surface area (Å²) in [5.74, 6) is 2.45. The molecule has 102 valence electrons. The lowest BCUT2D eigenvalue weighted by atomic mass is 9.87. The monoisotopic (exact) mass is 276 g/mol. The van der Waals surface area contributed by atoms with Crippen LogP contribution in [0.1, 0.15) is 48.9 Å². The molecule has 0 aliphatic heterocycles. The molecule has 2 aromatic heterocycles. The maximum Gasteiger partial charge on any atom is 0.224 e. The van der Waals surface area contributed by atoms with Gasteiger partial charge in [0.25, 0.3) is 0 Å². The van der Waals surface area contributed by atoms with Gasteiger partial charge < -0.3 is 5.32 Å². The fourth-order valence-electron chi connectivity index (χ4n) is 2.93. The number of anilines is 1. The van der Waals surface area contributed by atoms with E-state index in [1.165, 1.54) is 29.7 Å². The largest absolute Gasteiger partial charge is 0.355 e. The van der Waals surface area contributed by atoms with E-state index < -0.39 is 0 Å². The van der Waals surface area contributed by atoms with Crippen LogP contribution in [0.25, 0.3) is 0 Å². The van der Waals surface area contributed by atoms with Gasteiger partial charge in [0.1, 0.15) is 5.82 Å². The third kappa shape index (κ3) is 2.16. The molecule has 1 aliphatic rings. The van der Waals surface area contributed by atoms with Gasteiger partial charge in [0.15, 0.2) is 0 Å². The quantitative estimate of drug-likeness (QED) is 0.932. The van der Waals surface area contributed by atoms with Crippen LogP contribution in [-0.2, 0) is 13.0 Å². The summed E-state index contributed by atoms with van der Waals surface area (Å²) in [6.45, 7) is 6.05. The average molecular weight is 276 g/mol. The maximum absolute atomic E-state index is 4.46. The van der Waals surface area contributed by atoms with E-state index in [0.717, 1.165) is 24.9 Å². The number of nitrogens with one attached hydrogen (secondary N) is 1. The molecule has 1 unspecified atom stereocenters. The number of aromatic nitrogens is 3. The molecule has 1 atom stereocenters. The minimum atomic E-state index is 0.426. The minimum Gasteiger partial charge on any atom is -0.355 e. The summed E-state index contributed by atoms with van der Waals surface area (Å²) >= 11 is 1.88. The van der Waals surface area contributed by atoms with Crippen LogP contribution in [0, 0.1) is 0 Å². The number of aryl methyl sites for hydroxylation is 1. The SMILES string of the molecule is CCNc1nnc(C2CCCc3sccc32)n1CC. The second-order valence-electron chi connectivity index (χ2n) is 4.90. The van der Waals surface area contributed by atoms with Crippen molar-refractivity contribution >= 4 is 17.3 Å². The molecule has 5 heteroatoms. The van der Waals surface area contributed by atoms with Crippen molar-refractivity contribution in [2.24, 2.45) is 0 Å². The molecule has 0 fully saturated rings. The fourth-order valence-corrected chi connectivity index (χ4v) is 3.92. The highest BCUT2D eigenvalue weighted by Crippen LogP contribution is 2.38. The molecule has 1 aliphatic carbocycles. The Kier molecular flexibility index (Phi) is 3.55. The van der Waals surface area contributed by atoms with E-state index in [4.69, 9.17) is 0 Å². The van der Waals surface area contributed by atoms with Crippen LogP contribution >= 0.6 is 11.3 Å². The number of thiophene rings is 1. The predicted octanol–water partition coefficient (Wildman–Crippen LogP) is 3.26. The molecule has 0 radical (unpaired) electrons. The van der Waals surface area contributed by atoms with Crippen LogP contribution in [0.5, 0.6) is 0 Å². The Labute approximate surface area is 117 Å². The number of nitrogens with zero attached hydrogens (tertiary/aromatic N) is 3. The summed E-state index contributed by atoms with van der Waals surface area (Å²) in [4.78, 5) is 1.53. The van der Waals surface area contributed by atoms with Crippen LogP contribution in [0.2, 0.25) is 0 Å². The molecule has 19 heavy (non-hydrogen) atoms. The zero-order chi connectivity index (χ0) is 13.2. The maximum atomic E-state index is 4.46. The van der Waals surface area contributed by atoms with Gasteiger partial charge in [-0.3, -0.25) is 4.57 Å². The highest BCUT2D eigenvalue weighted by Gasteiger charge is 2.27. The number of fused-ring (bicyclic) bond motifs is 1. The smallest absolute Gasteiger partial charge is 0.224 e. The van der Waals surface area contributed by atoms with Crippen LogP contribution < -0.4 is 5.32 Å². The third-order valence-electron chi connectivity index (χ3n) is 3.79. The highest BCUT2D eigenvalue weighted by molar-refractivity contribution is 7.10. The van der Waals surface area contributed by atoms with Gasteiger partial charge in [0, 0.05) is 23.9 Å². The van der Waals surface area contributed by atoms with Gasteiger partial charge in [-0.25, -0.2) is 0 Å². The lowest BCUT2D eigenvalue weighted by Gasteiger charge is -2.22. The van der Waals surface area contributed by atoms with Crippen molar-refractivity contribution in [1.82, 2.24) is 14.8 Å². The lowest BCUT2D eigenvalue weighted by molar-refractivity contribution is 0.564. The zero-order valence-electron chi connectivity index (χ0n) is 11.5. The first-order valence-corrected chi connectivity index (χ1v) is 7.96. The lowest BCUT2D eigenvalue weighted by Crippen LogP contribution is -2.15. The summed E-state index contributed by atoms with van der Waals surface area (Å²) in [6, 6.07) is 2.27. The van der Waals surface area contributed by atoms with Crippen molar-refractivity contribution in [2.75, 3.05) is 11.9 Å². The molecule has 0 aromatic carbocycles. The summed E-state index contributed by atoms with van der Waals surface area (Å²) in [6.07, 6.45) is 3.67. The molecule has 1 N–H and O–H groups in total. The second-order valence-corrected chi connectivity index (χ2v) is 5.90. The van der Waals surface area contributed by atoms with E-state index in [9.17, 15) is 0 Å². The molecule has 0 amide bonds. The molecule has 0 bridgehead atoms. The van der Waals surface area contributed by atoms with E-state index in [2.05, 4.69) is 45.4 Å². The third-order valence-corrected chi connectivity index (χ3v) is 4.79. The van der Waals surface area contributed by atoms with Crippen LogP contribution in [0.4, 0.5) is 5.95 Å². The van der Waals surface area contributed by atoms with Crippen LogP contribution in [0.15, 0.2) is 11.4 Å². The molecule has 0 spiro atoms. The molecular formula is C14H20N4S. The first-order chi connectivity index (χ1) is 9.35. The Hall–Kier alpha value is -1.36. The summed E-state index contributed by atoms with van der Waals surface area (Å²) < 4.78 is 2.22. The van der Waals surface area contributed by atoms with Crippen molar-refractivity contribution in [3.05, 3.63) is 27.7 Å². The number of hydrogen-bond acceptors (Lipinski definition) is 4. The molecule has 2 heterocycles. The second kappa shape index (κ2) is 5.33. The van der Waals surface area contributed by atoms with Crippen molar-refractivity contribution < 1.29 is 0 Å². The zero-order valence-corrected chi connectivity index (χ0v) is 12.3. The fraction of sp³-hybridized carbons (Fsp3) is 0.571. The molecule has 0 saturated heterocycles. The topological polar surface area (TPSA) is 42.7 Å². The van der Waals surface area contributed by atoms with Crippen molar-refractivity contribution in [3.8, 4) is 0 Å². The Balaban J connectivity index is 2.00. The van der Waals surface area contributed by atoms with E-state index in [1.54, 1.807) is 0 Å². The minimum absolute atomic E-state index is 0.426. The molecule has 0 saturated carbocycles. The van der Waals surface area contributed by atoms with Crippen molar-refractivity contribution in [3.63, 3.8) is 0 Å². The average Bonchev–Trinajstić information content (AvgIpc) is 3.04. The van der Waals surface area contributed by atoms with Crippen molar-refractivity contribution in [2.45, 2.75) is 45.6 Å². The van der Waals surface area contributed by atoms with Gasteiger partial charge in [-0.2, -0.15) is 0 Å². The first kappa shape index (κ1) is 12.7. The Morgan fingerprint density at radius 3 is 3.11 bits per heavy atom. The highest BCUT2D eigenvalue weighted by atomic mass is 32.1. The molecule has 3 rings (SSSR count). The predicted molar refractivity (Wildman–Crippen MR) is 79.0 cm³/mol. The van der Waals surface area contributed by atoms with E-state index in [0.29, 0.717) is 5.92 Å². The molecular weight excluding hydrogens is 256 g/mol. The van der Waals surface area contributed by atoms with Gasteiger partial charge in [0.2, 0.25) is 5.95 Å². The summed E-state index contributed by atoms with van der Waals surface area (Å²) in [5, 5.41) is 14.3. The van der Waals surface area contributed by atoms with Crippen LogP contribution in [0.3, 0.4) is 0 Å². The van der Waals surface area contributed by atoms with E-state index in [1.807, 2.05) is 11.3 Å². The normalized spacial score (nSPS) is 18.3. The number of rotatable bonds is 4. The van der Waals surface area contributed by atoms with E-state index >= 15 is 0 Å². The Morgan fingerprint density at radius 2 is 2.32 bits per heavy atom. The summed E-state index contributed by atoms with van der Waals surface area (Å²) in [7, 11) is 0. The molecule has 4 nitrogen and oxygen atoms in total. The van der Waals surface area contributed by atoms with Gasteiger partial charge in [-0.1, -0.05) is 0 Å². The summed E-state index contributed by atoms with van der Waals surface area (Å²) in [5.41, 5.74) is 1.47. The van der Waals surface area contributed by atoms with Gasteiger partial charge >= 0.3 is 0 Å². The Morgan fingerprint density at radius 1 is 1.42 bits per heavy atom. The van der Waals surface area contributed by atoms with Crippen molar-refractivity contribution in [1.29, 1.82) is 0 Å². The van der Waals surface area contributed by atoms with E-state index in [-0.39, 0.29) is 0 Å². The van der Waals surface area contributed by atoms with Gasteiger partial charge in [0.05, 0.1) is 0 Å². The molecule has 2 aromatic rings. The van der Waals surface area contributed by atoms with Gasteiger partial charge in [-0.05, 0) is 50.1 Å². The first-order valence-electron chi connectivity index (χ1n) is 7.08. The number of hydrogen-bond donors (Lipinski definition) is 1. The Bertz CT molecular complexity index is 558. The van der Waals surface area contributed by atoms with Gasteiger partial charge in [-0.15, -0.1) is 21.5 Å².